The SMILES string of the molecule is CC(=O)N(C)CC1CCCCN1C(C)C. The van der Waals surface area contributed by atoms with Crippen molar-refractivity contribution in [2.75, 3.05) is 20.1 Å². The van der Waals surface area contributed by atoms with Crippen LogP contribution in [0.4, 0.5) is 0 Å². The highest BCUT2D eigenvalue weighted by molar-refractivity contribution is 5.72. The second kappa shape index (κ2) is 5.50. The van der Waals surface area contributed by atoms with Crippen LogP contribution >= 0.6 is 0 Å². The first-order valence-electron chi connectivity index (χ1n) is 5.99. The zero-order chi connectivity index (χ0) is 11.4. The van der Waals surface area contributed by atoms with Crippen LogP contribution in [0.15, 0.2) is 0 Å². The van der Waals surface area contributed by atoms with E-state index in [0.29, 0.717) is 12.1 Å². The van der Waals surface area contributed by atoms with Gasteiger partial charge in [-0.1, -0.05) is 6.42 Å². The summed E-state index contributed by atoms with van der Waals surface area (Å²) in [5.41, 5.74) is 0. The number of piperidine rings is 1. The minimum absolute atomic E-state index is 0.171. The van der Waals surface area contributed by atoms with Gasteiger partial charge in [0.1, 0.15) is 0 Å². The number of hydrogen-bond donors (Lipinski definition) is 0. The smallest absolute Gasteiger partial charge is 0.219 e. The number of nitrogens with zero attached hydrogens (tertiary/aromatic N) is 2. The maximum atomic E-state index is 11.2. The van der Waals surface area contributed by atoms with E-state index in [1.165, 1.54) is 25.8 Å². The summed E-state index contributed by atoms with van der Waals surface area (Å²) in [5.74, 6) is 0.171. The van der Waals surface area contributed by atoms with Crippen LogP contribution in [-0.4, -0.2) is 47.9 Å². The Kier molecular flexibility index (Phi) is 4.58. The van der Waals surface area contributed by atoms with E-state index < -0.39 is 0 Å². The summed E-state index contributed by atoms with van der Waals surface area (Å²) in [5, 5.41) is 0. The van der Waals surface area contributed by atoms with Gasteiger partial charge >= 0.3 is 0 Å². The lowest BCUT2D eigenvalue weighted by Gasteiger charge is -2.40. The summed E-state index contributed by atoms with van der Waals surface area (Å²) in [4.78, 5) is 15.6. The Hall–Kier alpha value is -0.570. The molecule has 1 saturated heterocycles. The van der Waals surface area contributed by atoms with Gasteiger partial charge in [-0.05, 0) is 33.2 Å². The standard InChI is InChI=1S/C12H24N2O/c1-10(2)14-8-6-5-7-12(14)9-13(4)11(3)15/h10,12H,5-9H2,1-4H3. The summed E-state index contributed by atoms with van der Waals surface area (Å²) in [6, 6.07) is 1.16. The van der Waals surface area contributed by atoms with Crippen LogP contribution in [0, 0.1) is 0 Å². The van der Waals surface area contributed by atoms with Crippen LogP contribution in [0.25, 0.3) is 0 Å². The molecule has 0 radical (unpaired) electrons. The molecule has 1 aliphatic rings. The van der Waals surface area contributed by atoms with E-state index in [2.05, 4.69) is 18.7 Å². The van der Waals surface area contributed by atoms with E-state index in [1.54, 1.807) is 6.92 Å². The van der Waals surface area contributed by atoms with Crippen molar-refractivity contribution in [1.82, 2.24) is 9.80 Å². The first kappa shape index (κ1) is 12.5. The van der Waals surface area contributed by atoms with E-state index in [9.17, 15) is 4.79 Å². The van der Waals surface area contributed by atoms with Gasteiger partial charge in [-0.3, -0.25) is 9.69 Å². The molecule has 1 atom stereocenters. The highest BCUT2D eigenvalue weighted by atomic mass is 16.2. The van der Waals surface area contributed by atoms with E-state index in [1.807, 2.05) is 11.9 Å². The van der Waals surface area contributed by atoms with Crippen molar-refractivity contribution >= 4 is 5.91 Å². The van der Waals surface area contributed by atoms with Gasteiger partial charge < -0.3 is 4.90 Å². The third-order valence-electron chi connectivity index (χ3n) is 3.36. The third kappa shape index (κ3) is 3.49. The lowest BCUT2D eigenvalue weighted by atomic mass is 10.00. The highest BCUT2D eigenvalue weighted by Crippen LogP contribution is 2.20. The molecule has 1 heterocycles. The molecular formula is C12H24N2O. The normalized spacial score (nSPS) is 23.1. The number of rotatable bonds is 3. The molecule has 0 aromatic carbocycles. The van der Waals surface area contributed by atoms with Gasteiger partial charge in [-0.25, -0.2) is 0 Å². The second-order valence-corrected chi connectivity index (χ2v) is 4.88. The summed E-state index contributed by atoms with van der Waals surface area (Å²) in [6.45, 7) is 8.20. The van der Waals surface area contributed by atoms with Crippen LogP contribution in [0.2, 0.25) is 0 Å². The molecule has 3 heteroatoms. The molecule has 3 nitrogen and oxygen atoms in total. The molecule has 0 spiro atoms. The molecular weight excluding hydrogens is 188 g/mol. The molecule has 0 aromatic heterocycles. The van der Waals surface area contributed by atoms with Gasteiger partial charge in [-0.15, -0.1) is 0 Å². The summed E-state index contributed by atoms with van der Waals surface area (Å²) >= 11 is 0. The number of carbonyl (C=O) groups excluding carboxylic acids is 1. The fourth-order valence-corrected chi connectivity index (χ4v) is 2.34. The zero-order valence-electron chi connectivity index (χ0n) is 10.5. The minimum atomic E-state index is 0.171. The molecule has 1 rings (SSSR count). The molecule has 1 amide bonds. The lowest BCUT2D eigenvalue weighted by molar-refractivity contribution is -0.128. The average molecular weight is 212 g/mol. The van der Waals surface area contributed by atoms with Crippen LogP contribution in [-0.2, 0) is 4.79 Å². The molecule has 0 bridgehead atoms. The summed E-state index contributed by atoms with van der Waals surface area (Å²) < 4.78 is 0. The molecule has 0 N–H and O–H groups in total. The predicted molar refractivity (Wildman–Crippen MR) is 62.8 cm³/mol. The van der Waals surface area contributed by atoms with E-state index in [4.69, 9.17) is 0 Å². The molecule has 1 unspecified atom stereocenters. The van der Waals surface area contributed by atoms with E-state index in [0.717, 1.165) is 6.54 Å². The summed E-state index contributed by atoms with van der Waals surface area (Å²) in [6.07, 6.45) is 3.84. The Labute approximate surface area is 93.4 Å². The van der Waals surface area contributed by atoms with E-state index in [-0.39, 0.29) is 5.91 Å². The largest absolute Gasteiger partial charge is 0.344 e. The maximum absolute atomic E-state index is 11.2. The van der Waals surface area contributed by atoms with Crippen LogP contribution in [0.1, 0.15) is 40.0 Å². The van der Waals surface area contributed by atoms with Crippen molar-refractivity contribution in [3.63, 3.8) is 0 Å². The van der Waals surface area contributed by atoms with Crippen molar-refractivity contribution in [2.24, 2.45) is 0 Å². The lowest BCUT2D eigenvalue weighted by Crippen LogP contribution is -2.49. The van der Waals surface area contributed by atoms with Crippen LogP contribution < -0.4 is 0 Å². The number of carbonyl (C=O) groups is 1. The van der Waals surface area contributed by atoms with Crippen LogP contribution in [0.5, 0.6) is 0 Å². The van der Waals surface area contributed by atoms with Crippen molar-refractivity contribution in [2.45, 2.75) is 52.1 Å². The molecule has 0 aromatic rings. The Morgan fingerprint density at radius 2 is 2.13 bits per heavy atom. The summed E-state index contributed by atoms with van der Waals surface area (Å²) in [7, 11) is 1.90. The first-order valence-corrected chi connectivity index (χ1v) is 5.99. The molecule has 1 aliphatic heterocycles. The Bertz CT molecular complexity index is 216. The van der Waals surface area contributed by atoms with Crippen molar-refractivity contribution in [3.8, 4) is 0 Å². The van der Waals surface area contributed by atoms with Gasteiger partial charge in [0.15, 0.2) is 0 Å². The molecule has 15 heavy (non-hydrogen) atoms. The zero-order valence-corrected chi connectivity index (χ0v) is 10.5. The quantitative estimate of drug-likeness (QED) is 0.711. The van der Waals surface area contributed by atoms with Gasteiger partial charge in [0, 0.05) is 32.6 Å². The predicted octanol–water partition coefficient (Wildman–Crippen LogP) is 1.73. The topological polar surface area (TPSA) is 23.6 Å². The molecule has 88 valence electrons. The molecule has 1 fully saturated rings. The number of likely N-dealkylation sites (tertiary alicyclic amines) is 1. The second-order valence-electron chi connectivity index (χ2n) is 4.88. The van der Waals surface area contributed by atoms with E-state index >= 15 is 0 Å². The first-order chi connectivity index (χ1) is 7.02. The number of hydrogen-bond acceptors (Lipinski definition) is 2. The maximum Gasteiger partial charge on any atom is 0.219 e. The Balaban J connectivity index is 2.53. The van der Waals surface area contributed by atoms with Gasteiger partial charge in [-0.2, -0.15) is 0 Å². The monoisotopic (exact) mass is 212 g/mol. The van der Waals surface area contributed by atoms with Gasteiger partial charge in [0.2, 0.25) is 5.91 Å². The molecule has 0 aliphatic carbocycles. The number of likely N-dealkylation sites (N-methyl/N-ethyl adjacent to an activating group) is 1. The van der Waals surface area contributed by atoms with Gasteiger partial charge in [0.25, 0.3) is 0 Å². The fourth-order valence-electron chi connectivity index (χ4n) is 2.34. The van der Waals surface area contributed by atoms with Crippen molar-refractivity contribution in [1.29, 1.82) is 0 Å². The number of amides is 1. The van der Waals surface area contributed by atoms with Crippen LogP contribution in [0.3, 0.4) is 0 Å². The Morgan fingerprint density at radius 3 is 2.67 bits per heavy atom. The average Bonchev–Trinajstić information content (AvgIpc) is 2.18. The third-order valence-corrected chi connectivity index (χ3v) is 3.36. The van der Waals surface area contributed by atoms with Crippen molar-refractivity contribution in [3.05, 3.63) is 0 Å². The van der Waals surface area contributed by atoms with Crippen molar-refractivity contribution < 1.29 is 4.79 Å². The fraction of sp³-hybridized carbons (Fsp3) is 0.917. The molecule has 0 saturated carbocycles. The highest BCUT2D eigenvalue weighted by Gasteiger charge is 2.25. The Morgan fingerprint density at radius 1 is 1.47 bits per heavy atom. The minimum Gasteiger partial charge on any atom is -0.344 e. The van der Waals surface area contributed by atoms with Gasteiger partial charge in [0.05, 0.1) is 0 Å².